The van der Waals surface area contributed by atoms with Crippen LogP contribution < -0.4 is 0 Å². The zero-order chi connectivity index (χ0) is 15.0. The van der Waals surface area contributed by atoms with Gasteiger partial charge >= 0.3 is 29.0 Å². The molecule has 1 aliphatic rings. The number of carboxylic acid groups (broad SMARTS) is 1. The molecular formula is C16H17MgNO3S. The van der Waals surface area contributed by atoms with Crippen LogP contribution in [0.2, 0.25) is 0 Å². The monoisotopic (exact) mass is 327 g/mol. The minimum absolute atomic E-state index is 0. The number of carbonyl (C=O) groups excluding carboxylic acids is 1. The summed E-state index contributed by atoms with van der Waals surface area (Å²) in [5, 5.41) is 9.28. The van der Waals surface area contributed by atoms with Crippen molar-refractivity contribution in [2.24, 2.45) is 0 Å². The van der Waals surface area contributed by atoms with Crippen LogP contribution >= 0.6 is 11.8 Å². The fraction of sp³-hybridized carbons (Fsp3) is 0.250. The molecule has 4 nitrogen and oxygen atoms in total. The van der Waals surface area contributed by atoms with E-state index >= 15 is 0 Å². The Balaban J connectivity index is 0.00000176. The fourth-order valence-corrected chi connectivity index (χ4v) is 3.48. The van der Waals surface area contributed by atoms with E-state index in [0.29, 0.717) is 24.2 Å². The predicted molar refractivity (Wildman–Crippen MR) is 89.6 cm³/mol. The van der Waals surface area contributed by atoms with Gasteiger partial charge in [-0.15, -0.1) is 11.8 Å². The summed E-state index contributed by atoms with van der Waals surface area (Å²) >= 11 is 1.48. The maximum absolute atomic E-state index is 12.7. The Kier molecular flexibility index (Phi) is 5.36. The molecule has 0 amide bonds. The number of thioether (sulfide) groups is 1. The van der Waals surface area contributed by atoms with Crippen molar-refractivity contribution in [1.29, 1.82) is 0 Å². The van der Waals surface area contributed by atoms with Crippen molar-refractivity contribution in [2.75, 3.05) is 6.26 Å². The van der Waals surface area contributed by atoms with Gasteiger partial charge in [0.25, 0.3) is 0 Å². The van der Waals surface area contributed by atoms with Gasteiger partial charge in [0.05, 0.1) is 5.92 Å². The molecule has 0 bridgehead atoms. The van der Waals surface area contributed by atoms with E-state index in [1.54, 1.807) is 12.1 Å². The van der Waals surface area contributed by atoms with Crippen molar-refractivity contribution in [3.05, 3.63) is 53.3 Å². The van der Waals surface area contributed by atoms with Crippen molar-refractivity contribution in [1.82, 2.24) is 4.57 Å². The number of fused-ring (bicyclic) bond motifs is 1. The molecule has 22 heavy (non-hydrogen) atoms. The van der Waals surface area contributed by atoms with E-state index in [2.05, 4.69) is 0 Å². The molecule has 0 spiro atoms. The molecule has 112 valence electrons. The molecule has 2 aromatic rings. The van der Waals surface area contributed by atoms with Gasteiger partial charge in [0.15, 0.2) is 0 Å². The van der Waals surface area contributed by atoms with Gasteiger partial charge in [0.2, 0.25) is 5.78 Å². The van der Waals surface area contributed by atoms with E-state index in [4.69, 9.17) is 0 Å². The molecule has 0 aliphatic carbocycles. The molecule has 0 saturated carbocycles. The first kappa shape index (κ1) is 17.1. The molecule has 0 radical (unpaired) electrons. The maximum atomic E-state index is 12.7. The summed E-state index contributed by atoms with van der Waals surface area (Å²) in [5.41, 5.74) is 1.99. The summed E-state index contributed by atoms with van der Waals surface area (Å²) in [5.74, 6) is -1.37. The van der Waals surface area contributed by atoms with Gasteiger partial charge in [-0.2, -0.15) is 0 Å². The number of carboxylic acids is 1. The first-order chi connectivity index (χ1) is 10.1. The third-order valence-electron chi connectivity index (χ3n) is 3.86. The molecule has 0 saturated heterocycles. The van der Waals surface area contributed by atoms with E-state index in [-0.39, 0.29) is 28.8 Å². The van der Waals surface area contributed by atoms with Crippen LogP contribution in [0, 0.1) is 0 Å². The summed E-state index contributed by atoms with van der Waals surface area (Å²) in [6.45, 7) is 0.584. The quantitative estimate of drug-likeness (QED) is 0.531. The van der Waals surface area contributed by atoms with E-state index in [0.717, 1.165) is 10.6 Å². The smallest absolute Gasteiger partial charge is 0.316 e. The Bertz CT molecular complexity index is 712. The number of carbonyl (C=O) groups is 2. The van der Waals surface area contributed by atoms with Crippen LogP contribution in [0.1, 0.15) is 34.1 Å². The lowest BCUT2D eigenvalue weighted by atomic mass is 10.1. The van der Waals surface area contributed by atoms with Crippen LogP contribution in [0.25, 0.3) is 0 Å². The standard InChI is InChI=1S/C16H15NO3S.Mg.2H/c1-21-13-9-12-11(16(19)20)7-8-17(12)14(13)15(18)10-5-3-2-4-6-10;;;/h2-6,9,11H,7-8H2,1H3,(H,19,20);;;. The normalized spacial score (nSPS) is 16.0. The highest BCUT2D eigenvalue weighted by Crippen LogP contribution is 2.37. The van der Waals surface area contributed by atoms with Gasteiger partial charge in [0.1, 0.15) is 5.69 Å². The Morgan fingerprint density at radius 2 is 1.95 bits per heavy atom. The molecule has 3 rings (SSSR count). The summed E-state index contributed by atoms with van der Waals surface area (Å²) in [6.07, 6.45) is 2.46. The summed E-state index contributed by atoms with van der Waals surface area (Å²) in [6, 6.07) is 11.0. The number of aromatic nitrogens is 1. The molecule has 1 aromatic carbocycles. The number of rotatable bonds is 4. The number of aliphatic carboxylic acids is 1. The predicted octanol–water partition coefficient (Wildman–Crippen LogP) is 2.10. The summed E-state index contributed by atoms with van der Waals surface area (Å²) in [4.78, 5) is 24.9. The SMILES string of the molecule is CSc1cc2n(c1C(=O)c1ccccc1)CCC2C(=O)O.[MgH2]. The first-order valence-electron chi connectivity index (χ1n) is 6.73. The minimum Gasteiger partial charge on any atom is -0.481 e. The van der Waals surface area contributed by atoms with E-state index < -0.39 is 11.9 Å². The van der Waals surface area contributed by atoms with Crippen LogP contribution in [0.3, 0.4) is 0 Å². The largest absolute Gasteiger partial charge is 0.481 e. The lowest BCUT2D eigenvalue weighted by Gasteiger charge is -2.07. The molecule has 1 unspecified atom stereocenters. The third-order valence-corrected chi connectivity index (χ3v) is 4.61. The molecule has 2 heterocycles. The molecule has 1 aliphatic heterocycles. The number of ketones is 1. The van der Waals surface area contributed by atoms with Crippen LogP contribution in [0.4, 0.5) is 0 Å². The average Bonchev–Trinajstić information content (AvgIpc) is 3.05. The number of hydrogen-bond donors (Lipinski definition) is 1. The zero-order valence-electron chi connectivity index (χ0n) is 11.6. The van der Waals surface area contributed by atoms with Gasteiger partial charge in [-0.1, -0.05) is 30.3 Å². The Labute approximate surface area is 149 Å². The zero-order valence-corrected chi connectivity index (χ0v) is 12.4. The van der Waals surface area contributed by atoms with Crippen molar-refractivity contribution in [3.63, 3.8) is 0 Å². The molecule has 6 heteroatoms. The van der Waals surface area contributed by atoms with Crippen LogP contribution in [0.15, 0.2) is 41.3 Å². The van der Waals surface area contributed by atoms with Gasteiger partial charge in [-0.05, 0) is 18.7 Å². The Hall–Kier alpha value is -1.24. The average molecular weight is 328 g/mol. The lowest BCUT2D eigenvalue weighted by Crippen LogP contribution is -2.10. The second-order valence-corrected chi connectivity index (χ2v) is 5.86. The Morgan fingerprint density at radius 1 is 1.27 bits per heavy atom. The summed E-state index contributed by atoms with van der Waals surface area (Å²) in [7, 11) is 0. The highest BCUT2D eigenvalue weighted by Gasteiger charge is 2.34. The van der Waals surface area contributed by atoms with Crippen LogP contribution in [0.5, 0.6) is 0 Å². The number of hydrogen-bond acceptors (Lipinski definition) is 3. The number of benzene rings is 1. The minimum atomic E-state index is -0.822. The number of nitrogens with zero attached hydrogens (tertiary/aromatic N) is 1. The maximum Gasteiger partial charge on any atom is 0.316 e. The fourth-order valence-electron chi connectivity index (χ4n) is 2.84. The molecule has 1 aromatic heterocycles. The second-order valence-electron chi connectivity index (χ2n) is 5.01. The molecular weight excluding hydrogens is 311 g/mol. The molecule has 1 atom stereocenters. The van der Waals surface area contributed by atoms with E-state index in [1.807, 2.05) is 35.1 Å². The molecule has 0 fully saturated rings. The summed E-state index contributed by atoms with van der Waals surface area (Å²) < 4.78 is 1.87. The van der Waals surface area contributed by atoms with Crippen LogP contribution in [-0.2, 0) is 11.3 Å². The van der Waals surface area contributed by atoms with Gasteiger partial charge in [-0.25, -0.2) is 0 Å². The van der Waals surface area contributed by atoms with Crippen molar-refractivity contribution in [3.8, 4) is 0 Å². The van der Waals surface area contributed by atoms with E-state index in [9.17, 15) is 14.7 Å². The highest BCUT2D eigenvalue weighted by atomic mass is 32.2. The van der Waals surface area contributed by atoms with Crippen molar-refractivity contribution in [2.45, 2.75) is 23.8 Å². The van der Waals surface area contributed by atoms with E-state index in [1.165, 1.54) is 11.8 Å². The lowest BCUT2D eigenvalue weighted by molar-refractivity contribution is -0.138. The van der Waals surface area contributed by atoms with Crippen molar-refractivity contribution >= 4 is 46.6 Å². The van der Waals surface area contributed by atoms with Crippen LogP contribution in [-0.4, -0.2) is 50.7 Å². The molecule has 1 N–H and O–H groups in total. The third kappa shape index (κ3) is 2.82. The second kappa shape index (κ2) is 6.89. The van der Waals surface area contributed by atoms with Crippen molar-refractivity contribution < 1.29 is 14.7 Å². The van der Waals surface area contributed by atoms with Gasteiger partial charge < -0.3 is 9.67 Å². The first-order valence-corrected chi connectivity index (χ1v) is 7.96. The topological polar surface area (TPSA) is 59.3 Å². The Morgan fingerprint density at radius 3 is 2.55 bits per heavy atom. The highest BCUT2D eigenvalue weighted by molar-refractivity contribution is 7.98. The van der Waals surface area contributed by atoms with Gasteiger partial charge in [0, 0.05) is 22.7 Å². The van der Waals surface area contributed by atoms with Gasteiger partial charge in [-0.3, -0.25) is 9.59 Å².